The van der Waals surface area contributed by atoms with Gasteiger partial charge in [0.25, 0.3) is 0 Å². The van der Waals surface area contributed by atoms with E-state index in [0.717, 1.165) is 11.3 Å². The lowest BCUT2D eigenvalue weighted by Crippen LogP contribution is -2.34. The summed E-state index contributed by atoms with van der Waals surface area (Å²) in [6, 6.07) is 13.6. The first kappa shape index (κ1) is 18.4. The average Bonchev–Trinajstić information content (AvgIpc) is 2.63. The fraction of sp³-hybridized carbons (Fsp3) is 0.316. The highest BCUT2D eigenvalue weighted by Crippen LogP contribution is 2.27. The number of methoxy groups -OCH3 is 2. The van der Waals surface area contributed by atoms with Crippen molar-refractivity contribution >= 4 is 5.96 Å². The number of guanidine groups is 1. The Morgan fingerprint density at radius 3 is 2.60 bits per heavy atom. The Morgan fingerprint density at radius 1 is 1.08 bits per heavy atom. The maximum atomic E-state index is 5.88. The summed E-state index contributed by atoms with van der Waals surface area (Å²) in [6.07, 6.45) is 0. The smallest absolute Gasteiger partial charge is 0.189 e. The van der Waals surface area contributed by atoms with Crippen LogP contribution in [0.1, 0.15) is 11.1 Å². The molecule has 0 amide bonds. The number of nitrogens with zero attached hydrogens (tertiary/aromatic N) is 1. The maximum Gasteiger partial charge on any atom is 0.189 e. The molecule has 0 radical (unpaired) electrons. The molecule has 0 saturated carbocycles. The van der Waals surface area contributed by atoms with Crippen molar-refractivity contribution in [3.8, 4) is 17.2 Å². The summed E-state index contributed by atoms with van der Waals surface area (Å²) in [5.74, 6) is 2.59. The van der Waals surface area contributed by atoms with Gasteiger partial charge in [0.2, 0.25) is 0 Å². The summed E-state index contributed by atoms with van der Waals surface area (Å²) in [7, 11) is 3.21. The monoisotopic (exact) mass is 343 g/mol. The summed E-state index contributed by atoms with van der Waals surface area (Å²) < 4.78 is 16.1. The quantitative estimate of drug-likeness (QED) is 0.437. The molecule has 0 heterocycles. The fourth-order valence-electron chi connectivity index (χ4n) is 2.26. The van der Waals surface area contributed by atoms with Gasteiger partial charge >= 0.3 is 0 Å². The number of benzene rings is 2. The van der Waals surface area contributed by atoms with Crippen LogP contribution in [0.3, 0.4) is 0 Å². The Bertz CT molecular complexity index is 717. The Kier molecular flexibility index (Phi) is 6.95. The molecular formula is C19H25N3O3. The second-order valence-electron chi connectivity index (χ2n) is 5.48. The summed E-state index contributed by atoms with van der Waals surface area (Å²) in [5, 5.41) is 3.04. The number of aryl methyl sites for hydroxylation is 1. The minimum atomic E-state index is 0.377. The first-order chi connectivity index (χ1) is 12.1. The molecule has 0 atom stereocenters. The van der Waals surface area contributed by atoms with Crippen LogP contribution in [-0.2, 0) is 6.54 Å². The van der Waals surface area contributed by atoms with Gasteiger partial charge in [-0.2, -0.15) is 0 Å². The number of ether oxygens (including phenoxy) is 3. The Hall–Kier alpha value is -2.89. The standard InChI is InChI=1S/C19H25N3O3/c1-14-5-4-6-16(11-14)25-10-9-21-19(20)22-13-15-7-8-17(23-2)18(12-15)24-3/h4-8,11-12H,9-10,13H2,1-3H3,(H3,20,21,22). The van der Waals surface area contributed by atoms with Crippen LogP contribution in [-0.4, -0.2) is 33.3 Å². The van der Waals surface area contributed by atoms with E-state index in [1.807, 2.05) is 49.4 Å². The van der Waals surface area contributed by atoms with Gasteiger partial charge in [0.15, 0.2) is 17.5 Å². The summed E-state index contributed by atoms with van der Waals surface area (Å²) in [6.45, 7) is 3.58. The number of hydrogen-bond donors (Lipinski definition) is 2. The molecule has 6 heteroatoms. The SMILES string of the molecule is COc1ccc(CN=C(N)NCCOc2cccc(C)c2)cc1OC. The van der Waals surface area contributed by atoms with Crippen molar-refractivity contribution in [3.63, 3.8) is 0 Å². The van der Waals surface area contributed by atoms with Crippen LogP contribution in [0.2, 0.25) is 0 Å². The highest BCUT2D eigenvalue weighted by molar-refractivity contribution is 5.77. The van der Waals surface area contributed by atoms with Gasteiger partial charge in [-0.3, -0.25) is 0 Å². The molecule has 0 spiro atoms. The van der Waals surface area contributed by atoms with Crippen molar-refractivity contribution in [1.29, 1.82) is 0 Å². The third-order valence-electron chi connectivity index (χ3n) is 3.55. The molecule has 25 heavy (non-hydrogen) atoms. The van der Waals surface area contributed by atoms with Crippen molar-refractivity contribution in [2.75, 3.05) is 27.4 Å². The molecule has 6 nitrogen and oxygen atoms in total. The van der Waals surface area contributed by atoms with Crippen molar-refractivity contribution in [2.24, 2.45) is 10.7 Å². The van der Waals surface area contributed by atoms with Crippen molar-refractivity contribution in [1.82, 2.24) is 5.32 Å². The van der Waals surface area contributed by atoms with Gasteiger partial charge in [-0.25, -0.2) is 4.99 Å². The second-order valence-corrected chi connectivity index (χ2v) is 5.48. The number of aliphatic imine (C=N–C) groups is 1. The molecule has 0 aliphatic carbocycles. The molecule has 2 aromatic rings. The van der Waals surface area contributed by atoms with Crippen LogP contribution in [0.15, 0.2) is 47.5 Å². The van der Waals surface area contributed by atoms with Crippen LogP contribution < -0.4 is 25.3 Å². The molecular weight excluding hydrogens is 318 g/mol. The predicted molar refractivity (Wildman–Crippen MR) is 99.5 cm³/mol. The zero-order valence-corrected chi connectivity index (χ0v) is 14.9. The van der Waals surface area contributed by atoms with E-state index in [1.165, 1.54) is 5.56 Å². The predicted octanol–water partition coefficient (Wildman–Crippen LogP) is 2.50. The topological polar surface area (TPSA) is 78.1 Å². The van der Waals surface area contributed by atoms with Crippen molar-refractivity contribution in [3.05, 3.63) is 53.6 Å². The van der Waals surface area contributed by atoms with E-state index in [0.29, 0.717) is 37.2 Å². The van der Waals surface area contributed by atoms with Crippen LogP contribution in [0.25, 0.3) is 0 Å². The van der Waals surface area contributed by atoms with Gasteiger partial charge in [-0.1, -0.05) is 18.2 Å². The fourth-order valence-corrected chi connectivity index (χ4v) is 2.26. The molecule has 2 rings (SSSR count). The first-order valence-corrected chi connectivity index (χ1v) is 8.06. The molecule has 134 valence electrons. The molecule has 0 fully saturated rings. The highest BCUT2D eigenvalue weighted by atomic mass is 16.5. The van der Waals surface area contributed by atoms with E-state index < -0.39 is 0 Å². The summed E-state index contributed by atoms with van der Waals surface area (Å²) in [5.41, 5.74) is 8.03. The van der Waals surface area contributed by atoms with Gasteiger partial charge in [-0.05, 0) is 42.3 Å². The lowest BCUT2D eigenvalue weighted by atomic mass is 10.2. The van der Waals surface area contributed by atoms with Gasteiger partial charge in [-0.15, -0.1) is 0 Å². The van der Waals surface area contributed by atoms with E-state index in [9.17, 15) is 0 Å². The van der Waals surface area contributed by atoms with Crippen molar-refractivity contribution < 1.29 is 14.2 Å². The lowest BCUT2D eigenvalue weighted by Gasteiger charge is -2.10. The Labute approximate surface area is 148 Å². The van der Waals surface area contributed by atoms with Gasteiger partial charge in [0.1, 0.15) is 12.4 Å². The summed E-state index contributed by atoms with van der Waals surface area (Å²) >= 11 is 0. The van der Waals surface area contributed by atoms with Crippen LogP contribution in [0.5, 0.6) is 17.2 Å². The molecule has 0 bridgehead atoms. The van der Waals surface area contributed by atoms with E-state index >= 15 is 0 Å². The highest BCUT2D eigenvalue weighted by Gasteiger charge is 2.04. The van der Waals surface area contributed by atoms with E-state index in [4.69, 9.17) is 19.9 Å². The molecule has 0 saturated heterocycles. The van der Waals surface area contributed by atoms with E-state index in [-0.39, 0.29) is 0 Å². The normalized spacial score (nSPS) is 11.1. The number of nitrogens with two attached hydrogens (primary N) is 1. The second kappa shape index (κ2) is 9.42. The molecule has 0 aromatic heterocycles. The molecule has 0 aliphatic heterocycles. The van der Waals surface area contributed by atoms with Crippen LogP contribution >= 0.6 is 0 Å². The first-order valence-electron chi connectivity index (χ1n) is 8.06. The van der Waals surface area contributed by atoms with Gasteiger partial charge in [0.05, 0.1) is 27.3 Å². The minimum absolute atomic E-state index is 0.377. The third-order valence-corrected chi connectivity index (χ3v) is 3.55. The lowest BCUT2D eigenvalue weighted by molar-refractivity contribution is 0.322. The molecule has 0 unspecified atom stereocenters. The zero-order valence-electron chi connectivity index (χ0n) is 14.9. The average molecular weight is 343 g/mol. The Morgan fingerprint density at radius 2 is 1.88 bits per heavy atom. The molecule has 3 N–H and O–H groups in total. The van der Waals surface area contributed by atoms with E-state index in [1.54, 1.807) is 14.2 Å². The third kappa shape index (κ3) is 5.91. The summed E-state index contributed by atoms with van der Waals surface area (Å²) in [4.78, 5) is 4.32. The number of nitrogens with one attached hydrogen (secondary N) is 1. The van der Waals surface area contributed by atoms with Gasteiger partial charge < -0.3 is 25.3 Å². The largest absolute Gasteiger partial charge is 0.493 e. The van der Waals surface area contributed by atoms with Gasteiger partial charge in [0, 0.05) is 0 Å². The van der Waals surface area contributed by atoms with E-state index in [2.05, 4.69) is 10.3 Å². The molecule has 2 aromatic carbocycles. The maximum absolute atomic E-state index is 5.88. The Balaban J connectivity index is 1.78. The zero-order chi connectivity index (χ0) is 18.1. The van der Waals surface area contributed by atoms with Crippen LogP contribution in [0, 0.1) is 6.92 Å². The van der Waals surface area contributed by atoms with Crippen LogP contribution in [0.4, 0.5) is 0 Å². The minimum Gasteiger partial charge on any atom is -0.493 e. The number of hydrogen-bond acceptors (Lipinski definition) is 4. The molecule has 0 aliphatic rings. The van der Waals surface area contributed by atoms with Crippen molar-refractivity contribution in [2.45, 2.75) is 13.5 Å². The number of rotatable bonds is 8.